The van der Waals surface area contributed by atoms with Crippen LogP contribution in [0.2, 0.25) is 0 Å². The summed E-state index contributed by atoms with van der Waals surface area (Å²) in [5, 5.41) is 9.14. The number of rotatable bonds is 14. The maximum Gasteiger partial charge on any atom is 0.303 e. The summed E-state index contributed by atoms with van der Waals surface area (Å²) < 4.78 is 0. The third-order valence-electron chi connectivity index (χ3n) is 7.13. The van der Waals surface area contributed by atoms with Gasteiger partial charge in [-0.05, 0) is 65.6 Å². The smallest absolute Gasteiger partial charge is 0.303 e. The van der Waals surface area contributed by atoms with Gasteiger partial charge in [-0.25, -0.2) is 0 Å². The van der Waals surface area contributed by atoms with Crippen molar-refractivity contribution >= 4 is 11.5 Å². The summed E-state index contributed by atoms with van der Waals surface area (Å²) in [4.78, 5) is 11.1. The molecule has 0 spiro atoms. The highest BCUT2D eigenvalue weighted by molar-refractivity contribution is 5.69. The average molecular weight is 415 g/mol. The molecule has 0 amide bonds. The first kappa shape index (κ1) is 26.5. The lowest BCUT2D eigenvalue weighted by Crippen LogP contribution is -2.22. The number of aliphatic carboxylic acids is 1. The van der Waals surface area contributed by atoms with E-state index in [2.05, 4.69) is 78.8 Å². The van der Waals surface area contributed by atoms with Crippen LogP contribution in [-0.4, -0.2) is 11.1 Å². The maximum atomic E-state index is 11.1. The van der Waals surface area contributed by atoms with Gasteiger partial charge in [0.25, 0.3) is 0 Å². The van der Waals surface area contributed by atoms with Gasteiger partial charge in [-0.1, -0.05) is 98.1 Å². The predicted molar refractivity (Wildman–Crippen MR) is 131 cm³/mol. The van der Waals surface area contributed by atoms with Crippen molar-refractivity contribution < 1.29 is 9.90 Å². The maximum absolute atomic E-state index is 11.1. The molecule has 0 aliphatic heterocycles. The van der Waals surface area contributed by atoms with Gasteiger partial charge in [0.15, 0.2) is 0 Å². The first-order chi connectivity index (χ1) is 14.1. The third kappa shape index (κ3) is 7.93. The van der Waals surface area contributed by atoms with Crippen molar-refractivity contribution in [3.05, 3.63) is 41.5 Å². The summed E-state index contributed by atoms with van der Waals surface area (Å²) in [6.45, 7) is 15.9. The highest BCUT2D eigenvalue weighted by atomic mass is 16.4. The number of carbonyl (C=O) groups is 1. The molecule has 1 aromatic carbocycles. The SMILES string of the molecule is CCCCCC(CC)/C(=C\C(C)(C)CC)c1ccc(C(C)(CC)CCC(=O)O)cc1. The summed E-state index contributed by atoms with van der Waals surface area (Å²) in [5.41, 5.74) is 4.18. The largest absolute Gasteiger partial charge is 0.481 e. The van der Waals surface area contributed by atoms with Crippen LogP contribution < -0.4 is 0 Å². The Hall–Kier alpha value is -1.57. The fraction of sp³-hybridized carbons (Fsp3) is 0.679. The first-order valence-corrected chi connectivity index (χ1v) is 12.2. The lowest BCUT2D eigenvalue weighted by Gasteiger charge is -2.30. The normalized spacial score (nSPS) is 15.6. The number of carboxylic acids is 1. The molecule has 0 bridgehead atoms. The molecular formula is C28H46O2. The molecule has 0 saturated heterocycles. The van der Waals surface area contributed by atoms with Crippen molar-refractivity contribution in [3.8, 4) is 0 Å². The molecule has 0 aliphatic carbocycles. The number of benzene rings is 1. The summed E-state index contributed by atoms with van der Waals surface area (Å²) in [7, 11) is 0. The zero-order valence-corrected chi connectivity index (χ0v) is 20.7. The summed E-state index contributed by atoms with van der Waals surface area (Å²) in [5.74, 6) is -0.117. The van der Waals surface area contributed by atoms with E-state index in [1.807, 2.05) is 0 Å². The van der Waals surface area contributed by atoms with E-state index < -0.39 is 5.97 Å². The van der Waals surface area contributed by atoms with Gasteiger partial charge in [-0.2, -0.15) is 0 Å². The topological polar surface area (TPSA) is 37.3 Å². The van der Waals surface area contributed by atoms with Crippen LogP contribution in [0, 0.1) is 11.3 Å². The van der Waals surface area contributed by atoms with Crippen LogP contribution in [0.4, 0.5) is 0 Å². The molecule has 0 saturated carbocycles. The predicted octanol–water partition coefficient (Wildman–Crippen LogP) is 8.65. The van der Waals surface area contributed by atoms with Crippen LogP contribution in [0.5, 0.6) is 0 Å². The minimum absolute atomic E-state index is 0.0885. The van der Waals surface area contributed by atoms with E-state index >= 15 is 0 Å². The van der Waals surface area contributed by atoms with Gasteiger partial charge in [0.2, 0.25) is 0 Å². The van der Waals surface area contributed by atoms with E-state index in [9.17, 15) is 4.79 Å². The fourth-order valence-electron chi connectivity index (χ4n) is 4.15. The molecule has 2 unspecified atom stereocenters. The van der Waals surface area contributed by atoms with Crippen LogP contribution in [0.3, 0.4) is 0 Å². The lowest BCUT2D eigenvalue weighted by atomic mass is 9.75. The zero-order valence-electron chi connectivity index (χ0n) is 20.7. The molecule has 0 aliphatic rings. The second kappa shape index (κ2) is 12.3. The Morgan fingerprint density at radius 2 is 1.63 bits per heavy atom. The second-order valence-corrected chi connectivity index (χ2v) is 9.93. The van der Waals surface area contributed by atoms with E-state index in [0.29, 0.717) is 12.3 Å². The number of carboxylic acid groups (broad SMARTS) is 1. The van der Waals surface area contributed by atoms with Crippen LogP contribution in [0.25, 0.3) is 5.57 Å². The quantitative estimate of drug-likeness (QED) is 0.309. The number of unbranched alkanes of at least 4 members (excludes halogenated alkanes) is 2. The van der Waals surface area contributed by atoms with Gasteiger partial charge in [0.05, 0.1) is 0 Å². The molecule has 2 heteroatoms. The molecule has 0 fully saturated rings. The zero-order chi connectivity index (χ0) is 22.8. The van der Waals surface area contributed by atoms with Crippen molar-refractivity contribution in [1.82, 2.24) is 0 Å². The second-order valence-electron chi connectivity index (χ2n) is 9.93. The lowest BCUT2D eigenvalue weighted by molar-refractivity contribution is -0.137. The molecule has 2 atom stereocenters. The van der Waals surface area contributed by atoms with Gasteiger partial charge in [-0.3, -0.25) is 4.79 Å². The monoisotopic (exact) mass is 414 g/mol. The van der Waals surface area contributed by atoms with Gasteiger partial charge >= 0.3 is 5.97 Å². The molecule has 2 nitrogen and oxygen atoms in total. The molecule has 1 N–H and O–H groups in total. The average Bonchev–Trinajstić information content (AvgIpc) is 2.74. The van der Waals surface area contributed by atoms with Crippen LogP contribution in [0.1, 0.15) is 117 Å². The molecule has 0 heterocycles. The highest BCUT2D eigenvalue weighted by Gasteiger charge is 2.26. The van der Waals surface area contributed by atoms with Crippen LogP contribution in [0.15, 0.2) is 30.3 Å². The molecule has 30 heavy (non-hydrogen) atoms. The standard InChI is InChI=1S/C28H46O2/c1-8-12-13-14-22(9-2)25(21-27(5,6)10-3)23-15-17-24(18-16-23)28(7,11-4)20-19-26(29)30/h15-18,21-22H,8-14,19-20H2,1-7H3,(H,29,30)/b25-21+. The Balaban J connectivity index is 3.26. The minimum Gasteiger partial charge on any atom is -0.481 e. The van der Waals surface area contributed by atoms with E-state index in [1.165, 1.54) is 48.8 Å². The third-order valence-corrected chi connectivity index (χ3v) is 7.13. The summed E-state index contributed by atoms with van der Waals surface area (Å²) in [6.07, 6.45) is 11.8. The Kier molecular flexibility index (Phi) is 10.9. The molecule has 0 radical (unpaired) electrons. The van der Waals surface area contributed by atoms with Gasteiger partial charge in [-0.15, -0.1) is 0 Å². The van der Waals surface area contributed by atoms with Crippen LogP contribution in [-0.2, 0) is 10.2 Å². The molecular weight excluding hydrogens is 368 g/mol. The van der Waals surface area contributed by atoms with Crippen molar-refractivity contribution in [2.45, 2.75) is 112 Å². The van der Waals surface area contributed by atoms with E-state index in [-0.39, 0.29) is 17.3 Å². The first-order valence-electron chi connectivity index (χ1n) is 12.2. The molecule has 170 valence electrons. The number of allylic oxidation sites excluding steroid dienone is 2. The van der Waals surface area contributed by atoms with Gasteiger partial charge < -0.3 is 5.11 Å². The molecule has 1 aromatic rings. The number of hydrogen-bond acceptors (Lipinski definition) is 1. The summed E-state index contributed by atoms with van der Waals surface area (Å²) in [6, 6.07) is 9.05. The highest BCUT2D eigenvalue weighted by Crippen LogP contribution is 2.38. The van der Waals surface area contributed by atoms with Crippen LogP contribution >= 0.6 is 0 Å². The van der Waals surface area contributed by atoms with E-state index in [4.69, 9.17) is 5.11 Å². The Labute approximate surface area is 186 Å². The van der Waals surface area contributed by atoms with Crippen molar-refractivity contribution in [2.75, 3.05) is 0 Å². The Morgan fingerprint density at radius 3 is 2.10 bits per heavy atom. The Bertz CT molecular complexity index is 668. The number of hydrogen-bond donors (Lipinski definition) is 1. The van der Waals surface area contributed by atoms with E-state index in [0.717, 1.165) is 12.8 Å². The van der Waals surface area contributed by atoms with Gasteiger partial charge in [0.1, 0.15) is 0 Å². The van der Waals surface area contributed by atoms with Crippen molar-refractivity contribution in [3.63, 3.8) is 0 Å². The van der Waals surface area contributed by atoms with E-state index in [1.54, 1.807) is 0 Å². The Morgan fingerprint density at radius 1 is 1.00 bits per heavy atom. The van der Waals surface area contributed by atoms with Gasteiger partial charge in [0, 0.05) is 6.42 Å². The van der Waals surface area contributed by atoms with Crippen molar-refractivity contribution in [2.24, 2.45) is 11.3 Å². The molecule has 0 aromatic heterocycles. The summed E-state index contributed by atoms with van der Waals surface area (Å²) >= 11 is 0. The molecule has 1 rings (SSSR count). The minimum atomic E-state index is -0.712. The van der Waals surface area contributed by atoms with Crippen molar-refractivity contribution in [1.29, 1.82) is 0 Å². The fourth-order valence-corrected chi connectivity index (χ4v) is 4.15.